The first-order chi connectivity index (χ1) is 7.02. The topological polar surface area (TPSA) is 0 Å². The zero-order valence-electron chi connectivity index (χ0n) is 8.56. The molecule has 0 saturated carbocycles. The third-order valence-corrected chi connectivity index (χ3v) is 3.05. The molecule has 0 saturated heterocycles. The molecule has 0 radical (unpaired) electrons. The second-order valence-corrected chi connectivity index (χ2v) is 4.14. The van der Waals surface area contributed by atoms with Crippen LogP contribution < -0.4 is 0 Å². The summed E-state index contributed by atoms with van der Waals surface area (Å²) in [6, 6.07) is 3.84. The average Bonchev–Trinajstić information content (AvgIpc) is 2.23. The van der Waals surface area contributed by atoms with Gasteiger partial charge in [0.2, 0.25) is 0 Å². The number of alkyl halides is 1. The molecule has 1 rings (SSSR count). The van der Waals surface area contributed by atoms with E-state index in [1.165, 1.54) is 18.2 Å². The van der Waals surface area contributed by atoms with Gasteiger partial charge >= 0.3 is 0 Å². The maximum atomic E-state index is 13.3. The van der Waals surface area contributed by atoms with Crippen LogP contribution in [0.3, 0.4) is 0 Å². The Morgan fingerprint density at radius 2 is 1.93 bits per heavy atom. The van der Waals surface area contributed by atoms with E-state index >= 15 is 0 Å². The van der Waals surface area contributed by atoms with Gasteiger partial charge in [-0.3, -0.25) is 0 Å². The second kappa shape index (κ2) is 4.75. The first-order valence-electron chi connectivity index (χ1n) is 4.65. The summed E-state index contributed by atoms with van der Waals surface area (Å²) < 4.78 is 26.7. The van der Waals surface area contributed by atoms with Gasteiger partial charge in [0.1, 0.15) is 11.6 Å². The lowest BCUT2D eigenvalue weighted by atomic mass is 9.85. The van der Waals surface area contributed by atoms with E-state index < -0.39 is 17.0 Å². The Kier molecular flexibility index (Phi) is 3.86. The third kappa shape index (κ3) is 2.78. The maximum absolute atomic E-state index is 13.3. The van der Waals surface area contributed by atoms with Crippen molar-refractivity contribution < 1.29 is 8.78 Å². The molecular weight excluding hydrogens is 218 g/mol. The van der Waals surface area contributed by atoms with Crippen LogP contribution in [0.4, 0.5) is 8.78 Å². The lowest BCUT2D eigenvalue weighted by molar-refractivity contribution is 0.450. The van der Waals surface area contributed by atoms with Gasteiger partial charge < -0.3 is 0 Å². The fourth-order valence-corrected chi connectivity index (χ4v) is 1.48. The van der Waals surface area contributed by atoms with E-state index in [1.807, 2.05) is 6.92 Å². The summed E-state index contributed by atoms with van der Waals surface area (Å²) in [5, 5.41) is 0. The van der Waals surface area contributed by atoms with Crippen molar-refractivity contribution in [2.75, 3.05) is 5.88 Å². The highest BCUT2D eigenvalue weighted by molar-refractivity contribution is 6.18. The number of halogens is 3. The molecule has 1 aromatic rings. The van der Waals surface area contributed by atoms with Crippen molar-refractivity contribution in [3.63, 3.8) is 0 Å². The predicted molar refractivity (Wildman–Crippen MR) is 59.1 cm³/mol. The van der Waals surface area contributed by atoms with E-state index in [1.54, 1.807) is 6.08 Å². The smallest absolute Gasteiger partial charge is 0.129 e. The minimum atomic E-state index is -0.534. The molecule has 1 atom stereocenters. The number of hydrogen-bond donors (Lipinski definition) is 0. The summed E-state index contributed by atoms with van der Waals surface area (Å²) >= 11 is 5.75. The maximum Gasteiger partial charge on any atom is 0.129 e. The molecule has 0 amide bonds. The highest BCUT2D eigenvalue weighted by atomic mass is 35.5. The summed E-state index contributed by atoms with van der Waals surface area (Å²) in [6.45, 7) is 5.45. The molecule has 1 unspecified atom stereocenters. The van der Waals surface area contributed by atoms with E-state index in [0.717, 1.165) is 0 Å². The second-order valence-electron chi connectivity index (χ2n) is 3.87. The van der Waals surface area contributed by atoms with Crippen LogP contribution in [-0.2, 0) is 6.42 Å². The zero-order valence-corrected chi connectivity index (χ0v) is 9.32. The Hall–Kier alpha value is -0.890. The summed E-state index contributed by atoms with van der Waals surface area (Å²) in [7, 11) is 0. The zero-order chi connectivity index (χ0) is 11.5. The van der Waals surface area contributed by atoms with Crippen molar-refractivity contribution in [1.29, 1.82) is 0 Å². The van der Waals surface area contributed by atoms with Crippen molar-refractivity contribution in [3.05, 3.63) is 48.1 Å². The molecule has 0 aliphatic heterocycles. The van der Waals surface area contributed by atoms with E-state index in [0.29, 0.717) is 0 Å². The molecule has 0 aliphatic rings. The molecule has 0 bridgehead atoms. The highest BCUT2D eigenvalue weighted by Crippen LogP contribution is 2.27. The molecule has 0 aromatic heterocycles. The SMILES string of the molecule is C=CC(C)(CCl)Cc1c(F)cccc1F. The number of rotatable bonds is 4. The van der Waals surface area contributed by atoms with E-state index in [4.69, 9.17) is 11.6 Å². The monoisotopic (exact) mass is 230 g/mol. The molecule has 0 N–H and O–H groups in total. The van der Waals surface area contributed by atoms with Crippen molar-refractivity contribution in [2.24, 2.45) is 5.41 Å². The summed E-state index contributed by atoms with van der Waals surface area (Å²) in [4.78, 5) is 0. The lowest BCUT2D eigenvalue weighted by Crippen LogP contribution is -2.20. The predicted octanol–water partition coefficient (Wildman–Crippen LogP) is 3.94. The first-order valence-corrected chi connectivity index (χ1v) is 5.18. The fraction of sp³-hybridized carbons (Fsp3) is 0.333. The lowest BCUT2D eigenvalue weighted by Gasteiger charge is -2.23. The molecule has 3 heteroatoms. The van der Waals surface area contributed by atoms with Crippen LogP contribution >= 0.6 is 11.6 Å². The van der Waals surface area contributed by atoms with Gasteiger partial charge in [0, 0.05) is 16.9 Å². The standard InChI is InChI=1S/C12H13ClF2/c1-3-12(2,8-13)7-9-10(14)5-4-6-11(9)15/h3-6H,1,7-8H2,2H3. The van der Waals surface area contributed by atoms with Gasteiger partial charge in [-0.2, -0.15) is 0 Å². The summed E-state index contributed by atoms with van der Waals surface area (Å²) in [6.07, 6.45) is 1.85. The Labute approximate surface area is 93.6 Å². The number of allylic oxidation sites excluding steroid dienone is 1. The van der Waals surface area contributed by atoms with Gasteiger partial charge in [-0.15, -0.1) is 18.2 Å². The van der Waals surface area contributed by atoms with Crippen LogP contribution in [-0.4, -0.2) is 5.88 Å². The summed E-state index contributed by atoms with van der Waals surface area (Å²) in [5.74, 6) is -0.786. The van der Waals surface area contributed by atoms with E-state index in [9.17, 15) is 8.78 Å². The minimum absolute atomic E-state index is 0.0700. The van der Waals surface area contributed by atoms with Gasteiger partial charge in [0.15, 0.2) is 0 Å². The van der Waals surface area contributed by atoms with Gasteiger partial charge in [-0.1, -0.05) is 19.1 Å². The first kappa shape index (κ1) is 12.2. The molecule has 0 spiro atoms. The molecule has 0 nitrogen and oxygen atoms in total. The third-order valence-electron chi connectivity index (χ3n) is 2.44. The van der Waals surface area contributed by atoms with Gasteiger partial charge in [0.05, 0.1) is 0 Å². The molecule has 0 aliphatic carbocycles. The highest BCUT2D eigenvalue weighted by Gasteiger charge is 2.23. The normalized spacial score (nSPS) is 14.7. The van der Waals surface area contributed by atoms with Gasteiger partial charge in [-0.25, -0.2) is 8.78 Å². The molecule has 0 fully saturated rings. The van der Waals surface area contributed by atoms with Gasteiger partial charge in [-0.05, 0) is 18.6 Å². The van der Waals surface area contributed by atoms with Crippen LogP contribution in [0.1, 0.15) is 12.5 Å². The van der Waals surface area contributed by atoms with Crippen molar-refractivity contribution >= 4 is 11.6 Å². The van der Waals surface area contributed by atoms with Crippen LogP contribution in [0.25, 0.3) is 0 Å². The Morgan fingerprint density at radius 1 is 1.40 bits per heavy atom. The molecule has 0 heterocycles. The average molecular weight is 231 g/mol. The molecule has 15 heavy (non-hydrogen) atoms. The van der Waals surface area contributed by atoms with E-state index in [-0.39, 0.29) is 17.9 Å². The molecular formula is C12H13ClF2. The van der Waals surface area contributed by atoms with Crippen molar-refractivity contribution in [2.45, 2.75) is 13.3 Å². The van der Waals surface area contributed by atoms with Crippen LogP contribution in [0, 0.1) is 17.0 Å². The van der Waals surface area contributed by atoms with Crippen LogP contribution in [0.5, 0.6) is 0 Å². The molecule has 82 valence electrons. The molecule has 1 aromatic carbocycles. The summed E-state index contributed by atoms with van der Waals surface area (Å²) in [5.41, 5.74) is -0.412. The van der Waals surface area contributed by atoms with Crippen molar-refractivity contribution in [3.8, 4) is 0 Å². The van der Waals surface area contributed by atoms with Crippen LogP contribution in [0.15, 0.2) is 30.9 Å². The van der Waals surface area contributed by atoms with E-state index in [2.05, 4.69) is 6.58 Å². The van der Waals surface area contributed by atoms with Gasteiger partial charge in [0.25, 0.3) is 0 Å². The Balaban J connectivity index is 3.03. The quantitative estimate of drug-likeness (QED) is 0.543. The van der Waals surface area contributed by atoms with Crippen molar-refractivity contribution in [1.82, 2.24) is 0 Å². The Morgan fingerprint density at radius 3 is 2.33 bits per heavy atom. The number of benzene rings is 1. The van der Waals surface area contributed by atoms with Crippen LogP contribution in [0.2, 0.25) is 0 Å². The fourth-order valence-electron chi connectivity index (χ4n) is 1.28. The largest absolute Gasteiger partial charge is 0.207 e. The number of hydrogen-bond acceptors (Lipinski definition) is 0. The Bertz CT molecular complexity index is 342. The minimum Gasteiger partial charge on any atom is -0.207 e.